The zero-order chi connectivity index (χ0) is 19.1. The minimum absolute atomic E-state index is 0.282. The molecule has 0 aromatic heterocycles. The van der Waals surface area contributed by atoms with E-state index in [0.717, 1.165) is 11.1 Å². The molecular weight excluding hydrogens is 334 g/mol. The molecule has 1 N–H and O–H groups in total. The molecule has 138 valence electrons. The van der Waals surface area contributed by atoms with E-state index in [-0.39, 0.29) is 5.91 Å². The molecule has 2 aromatic rings. The van der Waals surface area contributed by atoms with E-state index in [9.17, 15) is 9.59 Å². The van der Waals surface area contributed by atoms with Crippen LogP contribution in [-0.2, 0) is 16.1 Å². The molecule has 0 radical (unpaired) electrons. The molecule has 0 aliphatic heterocycles. The number of aryl methyl sites for hydroxylation is 1. The van der Waals surface area contributed by atoms with Gasteiger partial charge in [-0.05, 0) is 49.7 Å². The van der Waals surface area contributed by atoms with Crippen molar-refractivity contribution in [2.75, 3.05) is 26.1 Å². The number of benzene rings is 2. The summed E-state index contributed by atoms with van der Waals surface area (Å²) < 4.78 is 15.5. The highest BCUT2D eigenvalue weighted by atomic mass is 16.5. The van der Waals surface area contributed by atoms with Gasteiger partial charge >= 0.3 is 5.97 Å². The first-order chi connectivity index (χ1) is 12.5. The van der Waals surface area contributed by atoms with Crippen molar-refractivity contribution in [1.82, 2.24) is 0 Å². The molecule has 0 saturated heterocycles. The monoisotopic (exact) mass is 357 g/mol. The van der Waals surface area contributed by atoms with Crippen molar-refractivity contribution in [3.05, 3.63) is 58.7 Å². The zero-order valence-corrected chi connectivity index (χ0v) is 15.4. The highest BCUT2D eigenvalue weighted by Gasteiger charge is 2.14. The molecule has 0 unspecified atom stereocenters. The van der Waals surface area contributed by atoms with Crippen LogP contribution < -0.4 is 10.1 Å². The molecule has 6 nitrogen and oxygen atoms in total. The Morgan fingerprint density at radius 2 is 1.77 bits per heavy atom. The molecule has 0 bridgehead atoms. The summed E-state index contributed by atoms with van der Waals surface area (Å²) in [4.78, 5) is 24.3. The van der Waals surface area contributed by atoms with Crippen molar-refractivity contribution in [2.24, 2.45) is 0 Å². The van der Waals surface area contributed by atoms with Crippen LogP contribution in [0.1, 0.15) is 38.8 Å². The van der Waals surface area contributed by atoms with Gasteiger partial charge in [-0.3, -0.25) is 4.79 Å². The highest BCUT2D eigenvalue weighted by molar-refractivity contribution is 6.05. The summed E-state index contributed by atoms with van der Waals surface area (Å²) in [7, 11) is 2.89. The molecule has 0 saturated carbocycles. The predicted octanol–water partition coefficient (Wildman–Crippen LogP) is 3.58. The Morgan fingerprint density at radius 3 is 2.42 bits per heavy atom. The maximum atomic E-state index is 12.6. The summed E-state index contributed by atoms with van der Waals surface area (Å²) in [5, 5.41) is 2.84. The van der Waals surface area contributed by atoms with Crippen molar-refractivity contribution in [1.29, 1.82) is 0 Å². The third-order valence-corrected chi connectivity index (χ3v) is 3.91. The second-order valence-corrected chi connectivity index (χ2v) is 5.64. The number of nitrogens with one attached hydrogen (secondary N) is 1. The van der Waals surface area contributed by atoms with Crippen molar-refractivity contribution < 1.29 is 23.8 Å². The van der Waals surface area contributed by atoms with Gasteiger partial charge in [0.15, 0.2) is 0 Å². The number of hydrogen-bond acceptors (Lipinski definition) is 5. The third-order valence-electron chi connectivity index (χ3n) is 3.91. The van der Waals surface area contributed by atoms with E-state index in [1.165, 1.54) is 7.11 Å². The molecule has 1 amide bonds. The maximum Gasteiger partial charge on any atom is 0.337 e. The Morgan fingerprint density at radius 1 is 1.04 bits per heavy atom. The smallest absolute Gasteiger partial charge is 0.337 e. The van der Waals surface area contributed by atoms with Crippen LogP contribution in [-0.4, -0.2) is 32.7 Å². The first-order valence-corrected chi connectivity index (χ1v) is 8.25. The van der Waals surface area contributed by atoms with E-state index in [2.05, 4.69) is 5.32 Å². The summed E-state index contributed by atoms with van der Waals surface area (Å²) >= 11 is 0. The Labute approximate surface area is 153 Å². The van der Waals surface area contributed by atoms with Crippen LogP contribution >= 0.6 is 0 Å². The lowest BCUT2D eigenvalue weighted by molar-refractivity contribution is 0.0600. The van der Waals surface area contributed by atoms with Gasteiger partial charge in [-0.15, -0.1) is 0 Å². The molecular formula is C20H23NO5. The van der Waals surface area contributed by atoms with Crippen molar-refractivity contribution >= 4 is 17.6 Å². The van der Waals surface area contributed by atoms with Gasteiger partial charge in [-0.25, -0.2) is 4.79 Å². The fraction of sp³-hybridized carbons (Fsp3) is 0.300. The molecule has 2 rings (SSSR count). The molecule has 6 heteroatoms. The lowest BCUT2D eigenvalue weighted by atomic mass is 10.1. The van der Waals surface area contributed by atoms with Crippen LogP contribution in [0.25, 0.3) is 0 Å². The summed E-state index contributed by atoms with van der Waals surface area (Å²) in [5.41, 5.74) is 3.04. The predicted molar refractivity (Wildman–Crippen MR) is 98.8 cm³/mol. The van der Waals surface area contributed by atoms with Gasteiger partial charge in [-0.2, -0.15) is 0 Å². The van der Waals surface area contributed by atoms with E-state index in [1.807, 2.05) is 13.8 Å². The van der Waals surface area contributed by atoms with Crippen LogP contribution in [0.4, 0.5) is 5.69 Å². The first kappa shape index (κ1) is 19.5. The van der Waals surface area contributed by atoms with Crippen LogP contribution in [0.15, 0.2) is 36.4 Å². The van der Waals surface area contributed by atoms with Gasteiger partial charge in [0.05, 0.1) is 26.4 Å². The van der Waals surface area contributed by atoms with E-state index in [1.54, 1.807) is 43.5 Å². The number of methoxy groups -OCH3 is 2. The van der Waals surface area contributed by atoms with Gasteiger partial charge in [0.2, 0.25) is 0 Å². The van der Waals surface area contributed by atoms with Crippen molar-refractivity contribution in [3.63, 3.8) is 0 Å². The summed E-state index contributed by atoms with van der Waals surface area (Å²) in [6.07, 6.45) is 0. The number of anilines is 1. The molecule has 2 aromatic carbocycles. The number of carbonyl (C=O) groups excluding carboxylic acids is 2. The molecule has 0 aliphatic carbocycles. The number of hydrogen-bond donors (Lipinski definition) is 1. The second kappa shape index (κ2) is 9.01. The second-order valence-electron chi connectivity index (χ2n) is 5.64. The zero-order valence-electron chi connectivity index (χ0n) is 15.4. The molecule has 0 aliphatic rings. The third kappa shape index (κ3) is 4.61. The lowest BCUT2D eigenvalue weighted by Crippen LogP contribution is -2.14. The highest BCUT2D eigenvalue weighted by Crippen LogP contribution is 2.23. The van der Waals surface area contributed by atoms with Crippen molar-refractivity contribution in [3.8, 4) is 5.75 Å². The SMILES string of the molecule is CCOCc1cc(C(=O)Nc2cc(C(=O)OC)ccc2C)ccc1OC. The Hall–Kier alpha value is -2.86. The average molecular weight is 357 g/mol. The largest absolute Gasteiger partial charge is 0.496 e. The topological polar surface area (TPSA) is 73.9 Å². The maximum absolute atomic E-state index is 12.6. The number of esters is 1. The van der Waals surface area contributed by atoms with Gasteiger partial charge in [0.25, 0.3) is 5.91 Å². The lowest BCUT2D eigenvalue weighted by Gasteiger charge is -2.13. The summed E-state index contributed by atoms with van der Waals surface area (Å²) in [6, 6.07) is 10.2. The van der Waals surface area contributed by atoms with Gasteiger partial charge in [-0.1, -0.05) is 6.07 Å². The normalized spacial score (nSPS) is 10.3. The Kier molecular flexibility index (Phi) is 6.74. The fourth-order valence-corrected chi connectivity index (χ4v) is 2.44. The molecule has 0 atom stereocenters. The van der Waals surface area contributed by atoms with Gasteiger partial charge in [0.1, 0.15) is 5.75 Å². The molecule has 0 fully saturated rings. The van der Waals surface area contributed by atoms with E-state index in [0.29, 0.717) is 35.8 Å². The minimum Gasteiger partial charge on any atom is -0.496 e. The van der Waals surface area contributed by atoms with E-state index in [4.69, 9.17) is 14.2 Å². The molecule has 26 heavy (non-hydrogen) atoms. The van der Waals surface area contributed by atoms with Gasteiger partial charge < -0.3 is 19.5 Å². The molecule has 0 spiro atoms. The Balaban J connectivity index is 2.26. The first-order valence-electron chi connectivity index (χ1n) is 8.25. The molecule has 0 heterocycles. The number of ether oxygens (including phenoxy) is 3. The van der Waals surface area contributed by atoms with Crippen LogP contribution in [0.3, 0.4) is 0 Å². The fourth-order valence-electron chi connectivity index (χ4n) is 2.44. The van der Waals surface area contributed by atoms with E-state index >= 15 is 0 Å². The number of amides is 1. The summed E-state index contributed by atoms with van der Waals surface area (Å²) in [6.45, 7) is 4.68. The van der Waals surface area contributed by atoms with E-state index < -0.39 is 5.97 Å². The van der Waals surface area contributed by atoms with Crippen molar-refractivity contribution in [2.45, 2.75) is 20.5 Å². The minimum atomic E-state index is -0.455. The number of rotatable bonds is 7. The Bertz CT molecular complexity index is 801. The van der Waals surface area contributed by atoms with Crippen LogP contribution in [0.2, 0.25) is 0 Å². The van der Waals surface area contributed by atoms with Gasteiger partial charge in [0, 0.05) is 23.4 Å². The van der Waals surface area contributed by atoms with Crippen LogP contribution in [0, 0.1) is 6.92 Å². The number of carbonyl (C=O) groups is 2. The standard InChI is InChI=1S/C20H23NO5/c1-5-26-12-16-10-14(8-9-18(16)24-3)19(22)21-17-11-15(20(23)25-4)7-6-13(17)2/h6-11H,5,12H2,1-4H3,(H,21,22). The van der Waals surface area contributed by atoms with Crippen LogP contribution in [0.5, 0.6) is 5.75 Å². The quantitative estimate of drug-likeness (QED) is 0.767. The average Bonchev–Trinajstić information content (AvgIpc) is 2.67. The summed E-state index contributed by atoms with van der Waals surface area (Å²) in [5.74, 6) is -0.0710.